The maximum atomic E-state index is 13.0. The minimum atomic E-state index is -0.377. The van der Waals surface area contributed by atoms with Crippen molar-refractivity contribution in [3.63, 3.8) is 0 Å². The van der Waals surface area contributed by atoms with Gasteiger partial charge in [-0.1, -0.05) is 31.5 Å². The number of nitrogens with two attached hydrogens (primary N) is 1. The number of hydrogen-bond donors (Lipinski definition) is 1. The Morgan fingerprint density at radius 2 is 2.06 bits per heavy atom. The molecule has 96 valence electrons. The molecule has 1 aromatic rings. The zero-order chi connectivity index (χ0) is 13.0. The summed E-state index contributed by atoms with van der Waals surface area (Å²) in [6.07, 6.45) is 0. The Labute approximate surface area is 108 Å². The first kappa shape index (κ1) is 14.4. The molecule has 0 amide bonds. The van der Waals surface area contributed by atoms with Crippen LogP contribution in [0.1, 0.15) is 19.4 Å². The summed E-state index contributed by atoms with van der Waals surface area (Å²) in [5, 5.41) is 0.171. The molecule has 2 N–H and O–H groups in total. The molecule has 1 aromatic carbocycles. The molecule has 0 aliphatic heterocycles. The maximum Gasteiger partial charge on any atom is 0.141 e. The highest BCUT2D eigenvalue weighted by Crippen LogP contribution is 2.18. The Hall–Kier alpha value is -0.640. The highest BCUT2D eigenvalue weighted by molar-refractivity contribution is 6.30. The van der Waals surface area contributed by atoms with E-state index >= 15 is 0 Å². The predicted octanol–water partition coefficient (Wildman–Crippen LogP) is 2.89. The van der Waals surface area contributed by atoms with E-state index in [2.05, 4.69) is 18.7 Å². The fraction of sp³-hybridized carbons (Fsp3) is 0.538. The molecule has 17 heavy (non-hydrogen) atoms. The number of nitrogens with zero attached hydrogens (tertiary/aromatic N) is 1. The van der Waals surface area contributed by atoms with Crippen LogP contribution < -0.4 is 5.73 Å². The maximum absolute atomic E-state index is 13.0. The fourth-order valence-corrected chi connectivity index (χ4v) is 2.21. The van der Waals surface area contributed by atoms with Crippen LogP contribution in [0.15, 0.2) is 18.2 Å². The Morgan fingerprint density at radius 1 is 1.41 bits per heavy atom. The molecule has 1 atom stereocenters. The second-order valence-corrected chi connectivity index (χ2v) is 5.12. The van der Waals surface area contributed by atoms with Crippen molar-refractivity contribution in [2.45, 2.75) is 26.4 Å². The van der Waals surface area contributed by atoms with E-state index in [1.165, 1.54) is 6.07 Å². The molecule has 1 rings (SSSR count). The predicted molar refractivity (Wildman–Crippen MR) is 70.6 cm³/mol. The summed E-state index contributed by atoms with van der Waals surface area (Å²) in [5.74, 6) is 0.109. The SMILES string of the molecule is CC(C)C(CN)N(C)Cc1ccc(F)c(Cl)c1. The quantitative estimate of drug-likeness (QED) is 0.880. The summed E-state index contributed by atoms with van der Waals surface area (Å²) in [7, 11) is 2.02. The van der Waals surface area contributed by atoms with Gasteiger partial charge in [0.25, 0.3) is 0 Å². The van der Waals surface area contributed by atoms with Crippen molar-refractivity contribution in [2.24, 2.45) is 11.7 Å². The van der Waals surface area contributed by atoms with Crippen molar-refractivity contribution in [3.05, 3.63) is 34.6 Å². The van der Waals surface area contributed by atoms with E-state index in [0.29, 0.717) is 18.5 Å². The van der Waals surface area contributed by atoms with Crippen LogP contribution in [0.3, 0.4) is 0 Å². The van der Waals surface area contributed by atoms with Crippen LogP contribution in [0.2, 0.25) is 5.02 Å². The lowest BCUT2D eigenvalue weighted by atomic mass is 10.0. The summed E-state index contributed by atoms with van der Waals surface area (Å²) in [4.78, 5) is 2.17. The van der Waals surface area contributed by atoms with Gasteiger partial charge in [-0.15, -0.1) is 0 Å². The molecule has 0 bridgehead atoms. The van der Waals surface area contributed by atoms with Gasteiger partial charge in [0.2, 0.25) is 0 Å². The standard InChI is InChI=1S/C13H20ClFN2/c1-9(2)13(7-16)17(3)8-10-4-5-12(15)11(14)6-10/h4-6,9,13H,7-8,16H2,1-3H3. The van der Waals surface area contributed by atoms with Gasteiger partial charge in [-0.05, 0) is 30.7 Å². The van der Waals surface area contributed by atoms with Gasteiger partial charge in [0.1, 0.15) is 5.82 Å². The monoisotopic (exact) mass is 258 g/mol. The third kappa shape index (κ3) is 3.95. The Morgan fingerprint density at radius 3 is 2.53 bits per heavy atom. The Balaban J connectivity index is 2.73. The van der Waals surface area contributed by atoms with Gasteiger partial charge in [0.15, 0.2) is 0 Å². The molecular formula is C13H20ClFN2. The molecule has 0 spiro atoms. The van der Waals surface area contributed by atoms with Gasteiger partial charge in [0, 0.05) is 19.1 Å². The smallest absolute Gasteiger partial charge is 0.141 e. The molecule has 1 unspecified atom stereocenters. The lowest BCUT2D eigenvalue weighted by Gasteiger charge is -2.30. The van der Waals surface area contributed by atoms with Crippen molar-refractivity contribution in [1.29, 1.82) is 0 Å². The van der Waals surface area contributed by atoms with Crippen LogP contribution in [-0.4, -0.2) is 24.5 Å². The molecule has 0 aliphatic rings. The minimum Gasteiger partial charge on any atom is -0.329 e. The second kappa shape index (κ2) is 6.34. The molecule has 0 saturated carbocycles. The van der Waals surface area contributed by atoms with Gasteiger partial charge >= 0.3 is 0 Å². The number of benzene rings is 1. The molecule has 2 nitrogen and oxygen atoms in total. The molecule has 0 aliphatic carbocycles. The van der Waals surface area contributed by atoms with Crippen LogP contribution >= 0.6 is 11.6 Å². The van der Waals surface area contributed by atoms with Crippen molar-refractivity contribution < 1.29 is 4.39 Å². The molecule has 0 heterocycles. The van der Waals surface area contributed by atoms with Crippen LogP contribution in [0.4, 0.5) is 4.39 Å². The van der Waals surface area contributed by atoms with Gasteiger partial charge in [-0.3, -0.25) is 4.90 Å². The van der Waals surface area contributed by atoms with Crippen LogP contribution in [0.25, 0.3) is 0 Å². The number of halogens is 2. The Kier molecular flexibility index (Phi) is 5.37. The normalized spacial score (nSPS) is 13.4. The molecular weight excluding hydrogens is 239 g/mol. The largest absolute Gasteiger partial charge is 0.329 e. The summed E-state index contributed by atoms with van der Waals surface area (Å²) < 4.78 is 13.0. The lowest BCUT2D eigenvalue weighted by molar-refractivity contribution is 0.190. The van der Waals surface area contributed by atoms with Crippen molar-refractivity contribution in [1.82, 2.24) is 4.90 Å². The van der Waals surface area contributed by atoms with E-state index in [9.17, 15) is 4.39 Å². The van der Waals surface area contributed by atoms with Gasteiger partial charge < -0.3 is 5.73 Å². The summed E-state index contributed by atoms with van der Waals surface area (Å²) in [6, 6.07) is 5.14. The van der Waals surface area contributed by atoms with Crippen molar-refractivity contribution in [3.8, 4) is 0 Å². The van der Waals surface area contributed by atoms with E-state index in [4.69, 9.17) is 17.3 Å². The van der Waals surface area contributed by atoms with Gasteiger partial charge in [0.05, 0.1) is 5.02 Å². The fourth-order valence-electron chi connectivity index (χ4n) is 2.00. The second-order valence-electron chi connectivity index (χ2n) is 4.71. The zero-order valence-electron chi connectivity index (χ0n) is 10.6. The third-order valence-corrected chi connectivity index (χ3v) is 3.28. The Bertz CT molecular complexity index is 368. The first-order valence-electron chi connectivity index (χ1n) is 5.80. The van der Waals surface area contributed by atoms with Gasteiger partial charge in [-0.2, -0.15) is 0 Å². The molecule has 0 radical (unpaired) electrons. The van der Waals surface area contributed by atoms with E-state index in [1.807, 2.05) is 7.05 Å². The molecule has 0 fully saturated rings. The van der Waals surface area contributed by atoms with E-state index in [0.717, 1.165) is 12.1 Å². The first-order chi connectivity index (χ1) is 7.95. The first-order valence-corrected chi connectivity index (χ1v) is 6.17. The zero-order valence-corrected chi connectivity index (χ0v) is 11.3. The van der Waals surface area contributed by atoms with E-state index in [-0.39, 0.29) is 10.8 Å². The third-order valence-electron chi connectivity index (χ3n) is 2.99. The van der Waals surface area contributed by atoms with E-state index < -0.39 is 0 Å². The summed E-state index contributed by atoms with van der Waals surface area (Å²) in [5.41, 5.74) is 6.75. The lowest BCUT2D eigenvalue weighted by Crippen LogP contribution is -2.41. The van der Waals surface area contributed by atoms with Crippen molar-refractivity contribution >= 4 is 11.6 Å². The highest BCUT2D eigenvalue weighted by Gasteiger charge is 2.17. The van der Waals surface area contributed by atoms with Crippen molar-refractivity contribution in [2.75, 3.05) is 13.6 Å². The summed E-state index contributed by atoms with van der Waals surface area (Å²) in [6.45, 7) is 5.63. The van der Waals surface area contributed by atoms with Crippen LogP contribution in [-0.2, 0) is 6.54 Å². The number of rotatable bonds is 5. The van der Waals surface area contributed by atoms with E-state index in [1.54, 1.807) is 12.1 Å². The topological polar surface area (TPSA) is 29.3 Å². The highest BCUT2D eigenvalue weighted by atomic mass is 35.5. The van der Waals surface area contributed by atoms with Gasteiger partial charge in [-0.25, -0.2) is 4.39 Å². The van der Waals surface area contributed by atoms with Crippen LogP contribution in [0, 0.1) is 11.7 Å². The van der Waals surface area contributed by atoms with Crippen LogP contribution in [0.5, 0.6) is 0 Å². The number of hydrogen-bond acceptors (Lipinski definition) is 2. The molecule has 0 aromatic heterocycles. The average Bonchev–Trinajstić information content (AvgIpc) is 2.24. The molecule has 0 saturated heterocycles. The number of likely N-dealkylation sites (N-methyl/N-ethyl adjacent to an activating group) is 1. The minimum absolute atomic E-state index is 0.171. The average molecular weight is 259 g/mol. The molecule has 4 heteroatoms. The summed E-state index contributed by atoms with van der Waals surface area (Å²) >= 11 is 5.76.